The smallest absolute Gasteiger partial charge is 0.167 e. The summed E-state index contributed by atoms with van der Waals surface area (Å²) in [5.41, 5.74) is 4.19. The highest BCUT2D eigenvalue weighted by molar-refractivity contribution is 5.99. The first-order valence-corrected chi connectivity index (χ1v) is 4.78. The average molecular weight is 188 g/mol. The van der Waals surface area contributed by atoms with Crippen molar-refractivity contribution in [1.29, 1.82) is 0 Å². The minimum atomic E-state index is 0.162. The topological polar surface area (TPSA) is 17.1 Å². The summed E-state index contributed by atoms with van der Waals surface area (Å²) in [6.07, 6.45) is 2.08. The largest absolute Gasteiger partial charge is 0.294 e. The number of ketones is 1. The zero-order chi connectivity index (χ0) is 10.7. The summed E-state index contributed by atoms with van der Waals surface area (Å²) < 4.78 is 0. The Labute approximate surface area is 85.5 Å². The predicted octanol–water partition coefficient (Wildman–Crippen LogP) is 3.37. The van der Waals surface area contributed by atoms with Crippen LogP contribution in [0.2, 0.25) is 0 Å². The van der Waals surface area contributed by atoms with Gasteiger partial charge in [-0.3, -0.25) is 4.79 Å². The normalized spacial score (nSPS) is 9.93. The van der Waals surface area contributed by atoms with E-state index in [0.29, 0.717) is 6.42 Å². The number of Topliss-reactive ketones (excluding diaryl/α,β-unsaturated/α-hetero) is 1. The highest BCUT2D eigenvalue weighted by atomic mass is 16.1. The Balaban J connectivity index is 3.20. The molecule has 0 saturated carbocycles. The Morgan fingerprint density at radius 1 is 1.29 bits per heavy atom. The van der Waals surface area contributed by atoms with E-state index in [2.05, 4.69) is 6.58 Å². The third-order valence-corrected chi connectivity index (χ3v) is 2.29. The first-order chi connectivity index (χ1) is 6.56. The third kappa shape index (κ3) is 2.11. The first-order valence-electron chi connectivity index (χ1n) is 4.78. The molecule has 0 unspecified atom stereocenters. The molecule has 0 aromatic heterocycles. The Bertz CT molecular complexity index is 352. The summed E-state index contributed by atoms with van der Waals surface area (Å²) in [5.74, 6) is 0.162. The number of carbonyl (C=O) groups excluding carboxylic acids is 1. The van der Waals surface area contributed by atoms with Gasteiger partial charge in [0.1, 0.15) is 0 Å². The Kier molecular flexibility index (Phi) is 3.23. The maximum absolute atomic E-state index is 11.7. The van der Waals surface area contributed by atoms with Crippen molar-refractivity contribution < 1.29 is 4.79 Å². The molecule has 0 bridgehead atoms. The number of carbonyl (C=O) groups is 1. The van der Waals surface area contributed by atoms with Crippen molar-refractivity contribution in [1.82, 2.24) is 0 Å². The molecule has 0 N–H and O–H groups in total. The van der Waals surface area contributed by atoms with E-state index in [1.807, 2.05) is 32.9 Å². The lowest BCUT2D eigenvalue weighted by Crippen LogP contribution is -2.03. The molecule has 74 valence electrons. The van der Waals surface area contributed by atoms with Crippen LogP contribution in [0.4, 0.5) is 0 Å². The van der Waals surface area contributed by atoms with Crippen LogP contribution in [0.5, 0.6) is 0 Å². The summed E-state index contributed by atoms with van der Waals surface area (Å²) in [6.45, 7) is 9.59. The molecule has 0 fully saturated rings. The molecule has 1 rings (SSSR count). The molecule has 14 heavy (non-hydrogen) atoms. The quantitative estimate of drug-likeness (QED) is 0.525. The molecule has 0 spiro atoms. The highest BCUT2D eigenvalue weighted by Crippen LogP contribution is 2.18. The maximum Gasteiger partial charge on any atom is 0.167 e. The van der Waals surface area contributed by atoms with Crippen LogP contribution in [0.3, 0.4) is 0 Å². The maximum atomic E-state index is 11.7. The fourth-order valence-corrected chi connectivity index (χ4v) is 1.85. The van der Waals surface area contributed by atoms with Gasteiger partial charge in [-0.1, -0.05) is 23.8 Å². The van der Waals surface area contributed by atoms with Crippen molar-refractivity contribution in [2.24, 2.45) is 0 Å². The zero-order valence-electron chi connectivity index (χ0n) is 9.05. The van der Waals surface area contributed by atoms with Crippen LogP contribution >= 0.6 is 0 Å². The van der Waals surface area contributed by atoms with Crippen molar-refractivity contribution in [2.45, 2.75) is 27.2 Å². The lowest BCUT2D eigenvalue weighted by atomic mass is 9.95. The molecule has 0 radical (unpaired) electrons. The van der Waals surface area contributed by atoms with E-state index >= 15 is 0 Å². The van der Waals surface area contributed by atoms with Gasteiger partial charge in [-0.05, 0) is 31.9 Å². The number of benzene rings is 1. The van der Waals surface area contributed by atoms with Crippen LogP contribution in [0, 0.1) is 20.8 Å². The minimum Gasteiger partial charge on any atom is -0.294 e. The van der Waals surface area contributed by atoms with Gasteiger partial charge in [0.15, 0.2) is 5.78 Å². The van der Waals surface area contributed by atoms with Crippen molar-refractivity contribution in [2.75, 3.05) is 0 Å². The standard InChI is InChI=1S/C13H16O/c1-5-6-12(14)13-10(3)7-9(2)8-11(13)4/h5,7-8H,1,6H2,2-4H3. The summed E-state index contributed by atoms with van der Waals surface area (Å²) in [4.78, 5) is 11.7. The van der Waals surface area contributed by atoms with E-state index in [1.165, 1.54) is 5.56 Å². The van der Waals surface area contributed by atoms with E-state index < -0.39 is 0 Å². The lowest BCUT2D eigenvalue weighted by Gasteiger charge is -2.08. The molecule has 0 aliphatic carbocycles. The van der Waals surface area contributed by atoms with E-state index in [1.54, 1.807) is 6.08 Å². The number of hydrogen-bond acceptors (Lipinski definition) is 1. The lowest BCUT2D eigenvalue weighted by molar-refractivity contribution is 0.0995. The van der Waals surface area contributed by atoms with Gasteiger partial charge in [0.25, 0.3) is 0 Å². The predicted molar refractivity (Wildman–Crippen MR) is 59.8 cm³/mol. The number of hydrogen-bond donors (Lipinski definition) is 0. The third-order valence-electron chi connectivity index (χ3n) is 2.29. The van der Waals surface area contributed by atoms with Gasteiger partial charge in [-0.2, -0.15) is 0 Å². The zero-order valence-corrected chi connectivity index (χ0v) is 9.05. The summed E-state index contributed by atoms with van der Waals surface area (Å²) >= 11 is 0. The van der Waals surface area contributed by atoms with E-state index in [-0.39, 0.29) is 5.78 Å². The van der Waals surface area contributed by atoms with Crippen molar-refractivity contribution in [3.8, 4) is 0 Å². The molecule has 0 aliphatic heterocycles. The molecular weight excluding hydrogens is 172 g/mol. The molecule has 1 heteroatoms. The number of allylic oxidation sites excluding steroid dienone is 1. The van der Waals surface area contributed by atoms with Gasteiger partial charge in [-0.25, -0.2) is 0 Å². The van der Waals surface area contributed by atoms with Gasteiger partial charge < -0.3 is 0 Å². The molecule has 0 atom stereocenters. The van der Waals surface area contributed by atoms with Gasteiger partial charge in [0.2, 0.25) is 0 Å². The average Bonchev–Trinajstić information content (AvgIpc) is 2.01. The van der Waals surface area contributed by atoms with Crippen LogP contribution < -0.4 is 0 Å². The van der Waals surface area contributed by atoms with Crippen molar-refractivity contribution >= 4 is 5.78 Å². The van der Waals surface area contributed by atoms with Crippen LogP contribution in [-0.4, -0.2) is 5.78 Å². The van der Waals surface area contributed by atoms with Gasteiger partial charge in [0.05, 0.1) is 0 Å². The fourth-order valence-electron chi connectivity index (χ4n) is 1.85. The molecule has 0 amide bonds. The van der Waals surface area contributed by atoms with E-state index in [9.17, 15) is 4.79 Å². The van der Waals surface area contributed by atoms with Crippen LogP contribution in [-0.2, 0) is 0 Å². The second-order valence-electron chi connectivity index (χ2n) is 3.69. The molecule has 1 aromatic carbocycles. The highest BCUT2D eigenvalue weighted by Gasteiger charge is 2.10. The monoisotopic (exact) mass is 188 g/mol. The van der Waals surface area contributed by atoms with Crippen molar-refractivity contribution in [3.05, 3.63) is 47.0 Å². The molecule has 0 heterocycles. The minimum absolute atomic E-state index is 0.162. The van der Waals surface area contributed by atoms with E-state index in [0.717, 1.165) is 16.7 Å². The molecule has 1 nitrogen and oxygen atoms in total. The second-order valence-corrected chi connectivity index (χ2v) is 3.69. The first kappa shape index (κ1) is 10.7. The van der Waals surface area contributed by atoms with Crippen LogP contribution in [0.1, 0.15) is 33.5 Å². The van der Waals surface area contributed by atoms with Crippen LogP contribution in [0.25, 0.3) is 0 Å². The molecule has 1 aromatic rings. The molecule has 0 aliphatic rings. The Hall–Kier alpha value is -1.37. The van der Waals surface area contributed by atoms with E-state index in [4.69, 9.17) is 0 Å². The summed E-state index contributed by atoms with van der Waals surface area (Å²) in [7, 11) is 0. The number of rotatable bonds is 3. The van der Waals surface area contributed by atoms with Crippen molar-refractivity contribution in [3.63, 3.8) is 0 Å². The Morgan fingerprint density at radius 2 is 1.79 bits per heavy atom. The number of aryl methyl sites for hydroxylation is 3. The fraction of sp³-hybridized carbons (Fsp3) is 0.308. The van der Waals surface area contributed by atoms with Gasteiger partial charge >= 0.3 is 0 Å². The molecular formula is C13H16O. The summed E-state index contributed by atoms with van der Waals surface area (Å²) in [5, 5.41) is 0. The molecule has 0 saturated heterocycles. The van der Waals surface area contributed by atoms with Gasteiger partial charge in [0, 0.05) is 12.0 Å². The Morgan fingerprint density at radius 3 is 2.21 bits per heavy atom. The van der Waals surface area contributed by atoms with Gasteiger partial charge in [-0.15, -0.1) is 6.58 Å². The van der Waals surface area contributed by atoms with Crippen LogP contribution in [0.15, 0.2) is 24.8 Å². The SMILES string of the molecule is C=CCC(=O)c1c(C)cc(C)cc1C. The summed E-state index contributed by atoms with van der Waals surface area (Å²) in [6, 6.07) is 4.09. The second kappa shape index (κ2) is 4.23.